The van der Waals surface area contributed by atoms with E-state index in [1.165, 1.54) is 0 Å². The summed E-state index contributed by atoms with van der Waals surface area (Å²) < 4.78 is 0.845. The van der Waals surface area contributed by atoms with Crippen LogP contribution in [0.3, 0.4) is 0 Å². The van der Waals surface area contributed by atoms with Gasteiger partial charge in [-0.1, -0.05) is 33.6 Å². The summed E-state index contributed by atoms with van der Waals surface area (Å²) in [5, 5.41) is 18.5. The highest BCUT2D eigenvalue weighted by molar-refractivity contribution is 9.10. The molecule has 0 heterocycles. The fraction of sp³-hybridized carbons (Fsp3) is 0.0769. The van der Waals surface area contributed by atoms with Crippen LogP contribution in [0.2, 0.25) is 5.02 Å². The molecule has 0 saturated carbocycles. The predicted octanol–water partition coefficient (Wildman–Crippen LogP) is 5.53. The maximum absolute atomic E-state index is 9.85. The van der Waals surface area contributed by atoms with E-state index in [9.17, 15) is 5.11 Å². The van der Waals surface area contributed by atoms with Crippen LogP contribution in [-0.4, -0.2) is 5.11 Å². The Balaban J connectivity index is 2.34. The number of nitrogens with zero attached hydrogens (tertiary/aromatic N) is 2. The number of azo groups is 1. The SMILES string of the molecule is Cc1cc(Br)cc(N=Nc2cccc(Cl)c2)c1O. The predicted molar refractivity (Wildman–Crippen MR) is 76.2 cm³/mol. The van der Waals surface area contributed by atoms with Crippen molar-refractivity contribution in [3.05, 3.63) is 51.5 Å². The van der Waals surface area contributed by atoms with E-state index < -0.39 is 0 Å². The average Bonchev–Trinajstić information content (AvgIpc) is 2.32. The lowest BCUT2D eigenvalue weighted by Gasteiger charge is -2.02. The zero-order chi connectivity index (χ0) is 13.1. The van der Waals surface area contributed by atoms with E-state index in [1.54, 1.807) is 37.3 Å². The third kappa shape index (κ3) is 3.09. The molecule has 0 aliphatic carbocycles. The van der Waals surface area contributed by atoms with Crippen molar-refractivity contribution in [1.29, 1.82) is 0 Å². The molecule has 0 spiro atoms. The molecule has 2 aromatic carbocycles. The number of aryl methyl sites for hydroxylation is 1. The van der Waals surface area contributed by atoms with E-state index in [2.05, 4.69) is 26.2 Å². The molecule has 2 rings (SSSR count). The van der Waals surface area contributed by atoms with E-state index in [1.807, 2.05) is 6.07 Å². The molecule has 5 heteroatoms. The molecule has 2 aromatic rings. The van der Waals surface area contributed by atoms with Crippen molar-refractivity contribution in [3.63, 3.8) is 0 Å². The Morgan fingerprint density at radius 2 is 1.94 bits per heavy atom. The number of benzene rings is 2. The van der Waals surface area contributed by atoms with Crippen molar-refractivity contribution in [1.82, 2.24) is 0 Å². The highest BCUT2D eigenvalue weighted by Gasteiger charge is 2.05. The van der Waals surface area contributed by atoms with Gasteiger partial charge < -0.3 is 5.11 Å². The molecule has 0 aliphatic rings. The van der Waals surface area contributed by atoms with Gasteiger partial charge >= 0.3 is 0 Å². The van der Waals surface area contributed by atoms with Crippen LogP contribution in [-0.2, 0) is 0 Å². The lowest BCUT2D eigenvalue weighted by molar-refractivity contribution is 0.472. The lowest BCUT2D eigenvalue weighted by atomic mass is 10.2. The Morgan fingerprint density at radius 3 is 2.67 bits per heavy atom. The third-order valence-corrected chi connectivity index (χ3v) is 3.02. The minimum absolute atomic E-state index is 0.129. The summed E-state index contributed by atoms with van der Waals surface area (Å²) in [5.41, 5.74) is 1.80. The zero-order valence-electron chi connectivity index (χ0n) is 9.56. The van der Waals surface area contributed by atoms with E-state index in [-0.39, 0.29) is 5.75 Å². The second-order valence-corrected chi connectivity index (χ2v) is 5.12. The smallest absolute Gasteiger partial charge is 0.146 e. The molecule has 0 saturated heterocycles. The number of halogens is 2. The number of hydrogen-bond donors (Lipinski definition) is 1. The van der Waals surface area contributed by atoms with E-state index in [0.29, 0.717) is 16.4 Å². The van der Waals surface area contributed by atoms with Gasteiger partial charge in [-0.05, 0) is 42.8 Å². The molecule has 18 heavy (non-hydrogen) atoms. The Labute approximate surface area is 118 Å². The normalized spacial score (nSPS) is 11.1. The first-order chi connectivity index (χ1) is 8.56. The van der Waals surface area contributed by atoms with Crippen molar-refractivity contribution in [2.24, 2.45) is 10.2 Å². The molecule has 0 amide bonds. The van der Waals surface area contributed by atoms with Crippen LogP contribution in [0, 0.1) is 6.92 Å². The average molecular weight is 326 g/mol. The minimum atomic E-state index is 0.129. The number of phenols is 1. The lowest BCUT2D eigenvalue weighted by Crippen LogP contribution is -1.76. The second kappa shape index (κ2) is 5.50. The summed E-state index contributed by atoms with van der Waals surface area (Å²) >= 11 is 9.20. The summed E-state index contributed by atoms with van der Waals surface area (Å²) in [4.78, 5) is 0. The molecule has 1 N–H and O–H groups in total. The first-order valence-corrected chi connectivity index (χ1v) is 6.40. The first kappa shape index (κ1) is 13.1. The van der Waals surface area contributed by atoms with Crippen molar-refractivity contribution < 1.29 is 5.11 Å². The minimum Gasteiger partial charge on any atom is -0.505 e. The van der Waals surface area contributed by atoms with Crippen molar-refractivity contribution in [2.75, 3.05) is 0 Å². The first-order valence-electron chi connectivity index (χ1n) is 5.22. The molecular weight excluding hydrogens is 316 g/mol. The van der Waals surface area contributed by atoms with Gasteiger partial charge in [0.05, 0.1) is 5.69 Å². The zero-order valence-corrected chi connectivity index (χ0v) is 11.9. The summed E-state index contributed by atoms with van der Waals surface area (Å²) in [6.07, 6.45) is 0. The van der Waals surface area contributed by atoms with Crippen molar-refractivity contribution >= 4 is 38.9 Å². The van der Waals surface area contributed by atoms with Crippen LogP contribution >= 0.6 is 27.5 Å². The molecule has 0 atom stereocenters. The van der Waals surface area contributed by atoms with E-state index in [0.717, 1.165) is 10.0 Å². The number of phenolic OH excluding ortho intramolecular Hbond substituents is 1. The molecule has 0 bridgehead atoms. The van der Waals surface area contributed by atoms with Gasteiger partial charge in [-0.15, -0.1) is 5.11 Å². The highest BCUT2D eigenvalue weighted by Crippen LogP contribution is 2.34. The Hall–Kier alpha value is -1.39. The van der Waals surface area contributed by atoms with Gasteiger partial charge in [-0.25, -0.2) is 0 Å². The maximum Gasteiger partial charge on any atom is 0.146 e. The summed E-state index contributed by atoms with van der Waals surface area (Å²) in [6.45, 7) is 1.80. The Kier molecular flexibility index (Phi) is 3.99. The van der Waals surface area contributed by atoms with Crippen molar-refractivity contribution in [3.8, 4) is 5.75 Å². The Bertz CT molecular complexity index is 614. The van der Waals surface area contributed by atoms with Crippen LogP contribution in [0.1, 0.15) is 5.56 Å². The Morgan fingerprint density at radius 1 is 1.17 bits per heavy atom. The molecule has 3 nitrogen and oxygen atoms in total. The van der Waals surface area contributed by atoms with Gasteiger partial charge in [0.1, 0.15) is 11.4 Å². The third-order valence-electron chi connectivity index (χ3n) is 2.33. The van der Waals surface area contributed by atoms with Gasteiger partial charge in [-0.2, -0.15) is 5.11 Å². The van der Waals surface area contributed by atoms with Crippen LogP contribution in [0.15, 0.2) is 51.1 Å². The monoisotopic (exact) mass is 324 g/mol. The van der Waals surface area contributed by atoms with E-state index >= 15 is 0 Å². The topological polar surface area (TPSA) is 45.0 Å². The van der Waals surface area contributed by atoms with Crippen LogP contribution in [0.4, 0.5) is 11.4 Å². The quantitative estimate of drug-likeness (QED) is 0.725. The van der Waals surface area contributed by atoms with Gasteiger partial charge in [-0.3, -0.25) is 0 Å². The largest absolute Gasteiger partial charge is 0.505 e. The standard InChI is InChI=1S/C13H10BrClN2O/c1-8-5-9(14)6-12(13(8)18)17-16-11-4-2-3-10(15)7-11/h2-7,18H,1H3. The van der Waals surface area contributed by atoms with Gasteiger partial charge in [0.2, 0.25) is 0 Å². The molecular formula is C13H10BrClN2O. The number of rotatable bonds is 2. The van der Waals surface area contributed by atoms with Gasteiger partial charge in [0.15, 0.2) is 0 Å². The molecule has 0 unspecified atom stereocenters. The van der Waals surface area contributed by atoms with E-state index in [4.69, 9.17) is 11.6 Å². The van der Waals surface area contributed by atoms with Crippen LogP contribution in [0.25, 0.3) is 0 Å². The molecule has 0 fully saturated rings. The number of aromatic hydroxyl groups is 1. The van der Waals surface area contributed by atoms with Crippen LogP contribution < -0.4 is 0 Å². The maximum atomic E-state index is 9.85. The molecule has 0 radical (unpaired) electrons. The molecule has 92 valence electrons. The summed E-state index contributed by atoms with van der Waals surface area (Å²) in [7, 11) is 0. The summed E-state index contributed by atoms with van der Waals surface area (Å²) in [6, 6.07) is 10.6. The van der Waals surface area contributed by atoms with Gasteiger partial charge in [0, 0.05) is 9.50 Å². The summed E-state index contributed by atoms with van der Waals surface area (Å²) in [5.74, 6) is 0.129. The fourth-order valence-corrected chi connectivity index (χ4v) is 2.19. The molecule has 0 aromatic heterocycles. The fourth-order valence-electron chi connectivity index (χ4n) is 1.44. The van der Waals surface area contributed by atoms with Crippen molar-refractivity contribution in [2.45, 2.75) is 6.92 Å². The number of hydrogen-bond acceptors (Lipinski definition) is 3. The van der Waals surface area contributed by atoms with Gasteiger partial charge in [0.25, 0.3) is 0 Å². The molecule has 0 aliphatic heterocycles. The van der Waals surface area contributed by atoms with Crippen LogP contribution in [0.5, 0.6) is 5.75 Å². The highest BCUT2D eigenvalue weighted by atomic mass is 79.9. The second-order valence-electron chi connectivity index (χ2n) is 3.77.